The van der Waals surface area contributed by atoms with Gasteiger partial charge in [-0.15, -0.1) is 0 Å². The summed E-state index contributed by atoms with van der Waals surface area (Å²) in [6.45, 7) is 9.69. The van der Waals surface area contributed by atoms with E-state index < -0.39 is 11.3 Å². The fraction of sp³-hybridized carbons (Fsp3) is 0.565. The van der Waals surface area contributed by atoms with Crippen LogP contribution < -0.4 is 0 Å². The van der Waals surface area contributed by atoms with E-state index in [1.54, 1.807) is 6.92 Å². The molecule has 0 amide bonds. The van der Waals surface area contributed by atoms with Crippen molar-refractivity contribution in [3.63, 3.8) is 0 Å². The molecule has 1 fully saturated rings. The Morgan fingerprint density at radius 1 is 1.18 bits per heavy atom. The summed E-state index contributed by atoms with van der Waals surface area (Å²) in [7, 11) is 0. The second kappa shape index (κ2) is 7.61. The number of carbonyl (C=O) groups excluding carboxylic acids is 3. The van der Waals surface area contributed by atoms with E-state index in [9.17, 15) is 14.4 Å². The first-order valence-corrected chi connectivity index (χ1v) is 10.1. The summed E-state index contributed by atoms with van der Waals surface area (Å²) in [5.74, 6) is -0.888. The highest BCUT2D eigenvalue weighted by Gasteiger charge is 2.51. The number of fused-ring (bicyclic) bond motifs is 2. The van der Waals surface area contributed by atoms with Crippen LogP contribution in [0, 0.1) is 19.8 Å². The van der Waals surface area contributed by atoms with Crippen LogP contribution in [-0.2, 0) is 26.3 Å². The highest BCUT2D eigenvalue weighted by atomic mass is 16.6. The number of ketones is 3. The molecule has 0 bridgehead atoms. The standard InChI is InChI=1S/C23H29NO4/c1-6-17(24-28-7-2)21-18(26)11-23(12-19(21)27)9-8-16-20(15(5)25)13(3)10-14(4)22(16)23/h10,21H,6-9,11-12H2,1-5H3. The van der Waals surface area contributed by atoms with Crippen LogP contribution >= 0.6 is 0 Å². The molecule has 150 valence electrons. The summed E-state index contributed by atoms with van der Waals surface area (Å²) in [4.78, 5) is 43.6. The maximum absolute atomic E-state index is 13.1. The lowest BCUT2D eigenvalue weighted by Gasteiger charge is -2.37. The molecule has 1 aromatic carbocycles. The smallest absolute Gasteiger partial charge is 0.160 e. The molecule has 0 atom stereocenters. The summed E-state index contributed by atoms with van der Waals surface area (Å²) in [5, 5.41) is 4.04. The number of rotatable bonds is 5. The van der Waals surface area contributed by atoms with Crippen LogP contribution in [0.3, 0.4) is 0 Å². The van der Waals surface area contributed by atoms with Gasteiger partial charge in [0.1, 0.15) is 24.1 Å². The molecular formula is C23H29NO4. The van der Waals surface area contributed by atoms with Gasteiger partial charge < -0.3 is 4.84 Å². The predicted octanol–water partition coefficient (Wildman–Crippen LogP) is 4.04. The van der Waals surface area contributed by atoms with Crippen LogP contribution in [0.5, 0.6) is 0 Å². The number of nitrogens with zero attached hydrogens (tertiary/aromatic N) is 1. The first-order chi connectivity index (χ1) is 13.3. The summed E-state index contributed by atoms with van der Waals surface area (Å²) in [5.41, 5.74) is 4.97. The monoisotopic (exact) mass is 383 g/mol. The van der Waals surface area contributed by atoms with Crippen molar-refractivity contribution in [2.24, 2.45) is 11.1 Å². The number of carbonyl (C=O) groups is 3. The molecule has 0 aliphatic heterocycles. The number of aryl methyl sites for hydroxylation is 2. The van der Waals surface area contributed by atoms with E-state index in [0.29, 0.717) is 31.6 Å². The molecule has 0 saturated heterocycles. The van der Waals surface area contributed by atoms with E-state index >= 15 is 0 Å². The minimum Gasteiger partial charge on any atom is -0.396 e. The van der Waals surface area contributed by atoms with E-state index in [2.05, 4.69) is 5.16 Å². The molecule has 0 unspecified atom stereocenters. The molecule has 2 aliphatic rings. The minimum atomic E-state index is -0.788. The third-order valence-electron chi connectivity index (χ3n) is 6.24. The van der Waals surface area contributed by atoms with Crippen LogP contribution in [0.4, 0.5) is 0 Å². The van der Waals surface area contributed by atoms with Gasteiger partial charge in [-0.05, 0) is 69.2 Å². The average molecular weight is 383 g/mol. The van der Waals surface area contributed by atoms with Gasteiger partial charge in [-0.3, -0.25) is 14.4 Å². The van der Waals surface area contributed by atoms with Gasteiger partial charge in [0, 0.05) is 23.8 Å². The van der Waals surface area contributed by atoms with Gasteiger partial charge in [0.2, 0.25) is 0 Å². The second-order valence-corrected chi connectivity index (χ2v) is 8.15. The van der Waals surface area contributed by atoms with Crippen LogP contribution in [0.1, 0.15) is 79.1 Å². The largest absolute Gasteiger partial charge is 0.396 e. The SMILES string of the molecule is CCON=C(CC)C1C(=O)CC2(CCc3c(C(C)=O)c(C)cc(C)c32)CC1=O. The van der Waals surface area contributed by atoms with Crippen LogP contribution in [0.2, 0.25) is 0 Å². The molecule has 1 saturated carbocycles. The summed E-state index contributed by atoms with van der Waals surface area (Å²) < 4.78 is 0. The quantitative estimate of drug-likeness (QED) is 0.333. The molecule has 3 rings (SSSR count). The second-order valence-electron chi connectivity index (χ2n) is 8.15. The molecule has 1 spiro atoms. The lowest BCUT2D eigenvalue weighted by Crippen LogP contribution is -2.45. The number of Topliss-reactive ketones (excluding diaryl/α,β-unsaturated/α-hetero) is 3. The van der Waals surface area contributed by atoms with Crippen molar-refractivity contribution in [2.75, 3.05) is 6.61 Å². The first-order valence-electron chi connectivity index (χ1n) is 10.1. The average Bonchev–Trinajstić information content (AvgIpc) is 2.95. The zero-order valence-electron chi connectivity index (χ0n) is 17.5. The van der Waals surface area contributed by atoms with E-state index in [-0.39, 0.29) is 17.3 Å². The Labute approximate surface area is 166 Å². The molecular weight excluding hydrogens is 354 g/mol. The number of oxime groups is 1. The lowest BCUT2D eigenvalue weighted by atomic mass is 9.64. The molecule has 2 aliphatic carbocycles. The van der Waals surface area contributed by atoms with Crippen molar-refractivity contribution in [1.82, 2.24) is 0 Å². The Hall–Kier alpha value is -2.30. The summed E-state index contributed by atoms with van der Waals surface area (Å²) >= 11 is 0. The first kappa shape index (κ1) is 20.4. The molecule has 0 heterocycles. The van der Waals surface area contributed by atoms with Crippen molar-refractivity contribution in [3.05, 3.63) is 33.9 Å². The van der Waals surface area contributed by atoms with Crippen LogP contribution in [0.25, 0.3) is 0 Å². The summed E-state index contributed by atoms with van der Waals surface area (Å²) in [6, 6.07) is 2.03. The van der Waals surface area contributed by atoms with E-state index in [0.717, 1.165) is 40.7 Å². The van der Waals surface area contributed by atoms with Crippen molar-refractivity contribution >= 4 is 23.1 Å². The topological polar surface area (TPSA) is 72.8 Å². The zero-order chi connectivity index (χ0) is 20.6. The van der Waals surface area contributed by atoms with Gasteiger partial charge >= 0.3 is 0 Å². The van der Waals surface area contributed by atoms with E-state index in [1.807, 2.05) is 33.8 Å². The predicted molar refractivity (Wildman–Crippen MR) is 108 cm³/mol. The van der Waals surface area contributed by atoms with E-state index in [4.69, 9.17) is 4.84 Å². The Morgan fingerprint density at radius 3 is 2.36 bits per heavy atom. The molecule has 28 heavy (non-hydrogen) atoms. The third-order valence-corrected chi connectivity index (χ3v) is 6.24. The van der Waals surface area contributed by atoms with Gasteiger partial charge in [-0.2, -0.15) is 0 Å². The highest BCUT2D eigenvalue weighted by molar-refractivity contribution is 6.22. The zero-order valence-corrected chi connectivity index (χ0v) is 17.5. The Morgan fingerprint density at radius 2 is 1.82 bits per heavy atom. The normalized spacial score (nSPS) is 24.6. The lowest BCUT2D eigenvalue weighted by molar-refractivity contribution is -0.135. The fourth-order valence-corrected chi connectivity index (χ4v) is 5.35. The minimum absolute atomic E-state index is 0.0502. The van der Waals surface area contributed by atoms with Gasteiger partial charge in [-0.25, -0.2) is 0 Å². The molecule has 5 heteroatoms. The maximum atomic E-state index is 13.1. The van der Waals surface area contributed by atoms with Gasteiger partial charge in [0.25, 0.3) is 0 Å². The number of benzene rings is 1. The van der Waals surface area contributed by atoms with Crippen molar-refractivity contribution < 1.29 is 19.2 Å². The number of hydrogen-bond acceptors (Lipinski definition) is 5. The Kier molecular flexibility index (Phi) is 5.55. The molecule has 0 N–H and O–H groups in total. The Bertz CT molecular complexity index is 863. The highest BCUT2D eigenvalue weighted by Crippen LogP contribution is 2.50. The van der Waals surface area contributed by atoms with Crippen molar-refractivity contribution in [2.45, 2.75) is 72.1 Å². The van der Waals surface area contributed by atoms with Gasteiger partial charge in [0.05, 0.1) is 5.71 Å². The maximum Gasteiger partial charge on any atom is 0.160 e. The molecule has 0 aromatic heterocycles. The molecule has 5 nitrogen and oxygen atoms in total. The van der Waals surface area contributed by atoms with Crippen molar-refractivity contribution in [1.29, 1.82) is 0 Å². The van der Waals surface area contributed by atoms with Gasteiger partial charge in [-0.1, -0.05) is 18.1 Å². The van der Waals surface area contributed by atoms with Crippen LogP contribution in [-0.4, -0.2) is 29.7 Å². The summed E-state index contributed by atoms with van der Waals surface area (Å²) in [6.07, 6.45) is 2.64. The van der Waals surface area contributed by atoms with Crippen LogP contribution in [0.15, 0.2) is 11.2 Å². The van der Waals surface area contributed by atoms with Gasteiger partial charge in [0.15, 0.2) is 5.78 Å². The Balaban J connectivity index is 2.03. The molecule has 0 radical (unpaired) electrons. The van der Waals surface area contributed by atoms with E-state index in [1.165, 1.54) is 0 Å². The van der Waals surface area contributed by atoms with Crippen molar-refractivity contribution in [3.8, 4) is 0 Å². The third kappa shape index (κ3) is 3.21. The fourth-order valence-electron chi connectivity index (χ4n) is 5.35. The number of hydrogen-bond donors (Lipinski definition) is 0. The molecule has 1 aromatic rings.